The number of furan rings is 1. The maximum absolute atomic E-state index is 12.1. The van der Waals surface area contributed by atoms with Crippen LogP contribution in [0.3, 0.4) is 0 Å². The lowest BCUT2D eigenvalue weighted by molar-refractivity contribution is -0.120. The molecule has 26 heavy (non-hydrogen) atoms. The van der Waals surface area contributed by atoms with E-state index in [9.17, 15) is 4.79 Å². The molecule has 0 saturated carbocycles. The van der Waals surface area contributed by atoms with Crippen LogP contribution in [0.4, 0.5) is 0 Å². The van der Waals surface area contributed by atoms with E-state index in [1.807, 2.05) is 60.7 Å². The number of nitriles is 1. The van der Waals surface area contributed by atoms with Crippen LogP contribution in [-0.4, -0.2) is 12.5 Å². The zero-order valence-corrected chi connectivity index (χ0v) is 14.1. The predicted octanol–water partition coefficient (Wildman–Crippen LogP) is 3.71. The lowest BCUT2D eigenvalue weighted by Crippen LogP contribution is -2.24. The van der Waals surface area contributed by atoms with Crippen LogP contribution >= 0.6 is 0 Å². The van der Waals surface area contributed by atoms with Gasteiger partial charge in [0.2, 0.25) is 5.91 Å². The van der Waals surface area contributed by atoms with Gasteiger partial charge in [-0.05, 0) is 29.8 Å². The molecule has 1 heterocycles. The van der Waals surface area contributed by atoms with Crippen LogP contribution in [0.2, 0.25) is 0 Å². The minimum atomic E-state index is -0.0895. The number of hydrogen-bond donors (Lipinski definition) is 1. The molecule has 0 aliphatic carbocycles. The first-order valence-corrected chi connectivity index (χ1v) is 8.24. The van der Waals surface area contributed by atoms with Crippen molar-refractivity contribution in [3.63, 3.8) is 0 Å². The lowest BCUT2D eigenvalue weighted by atomic mass is 10.1. The average Bonchev–Trinajstić information content (AvgIpc) is 3.16. The highest BCUT2D eigenvalue weighted by molar-refractivity contribution is 5.78. The second-order valence-corrected chi connectivity index (χ2v) is 5.68. The minimum absolute atomic E-state index is 0.00789. The third kappa shape index (κ3) is 4.74. The van der Waals surface area contributed by atoms with Crippen LogP contribution in [0.1, 0.15) is 11.3 Å². The Morgan fingerprint density at radius 3 is 2.54 bits per heavy atom. The van der Waals surface area contributed by atoms with Crippen LogP contribution < -0.4 is 10.1 Å². The quantitative estimate of drug-likeness (QED) is 0.708. The maximum Gasteiger partial charge on any atom is 0.224 e. The summed E-state index contributed by atoms with van der Waals surface area (Å²) < 4.78 is 11.0. The summed E-state index contributed by atoms with van der Waals surface area (Å²) in [7, 11) is 0. The molecule has 5 heteroatoms. The predicted molar refractivity (Wildman–Crippen MR) is 97.2 cm³/mol. The van der Waals surface area contributed by atoms with Gasteiger partial charge in [0.05, 0.1) is 13.0 Å². The van der Waals surface area contributed by atoms with E-state index < -0.39 is 0 Å². The number of nitrogens with one attached hydrogen (secondary N) is 1. The Labute approximate surface area is 151 Å². The maximum atomic E-state index is 12.1. The summed E-state index contributed by atoms with van der Waals surface area (Å²) in [6, 6.07) is 22.6. The Hall–Kier alpha value is -3.52. The van der Waals surface area contributed by atoms with Gasteiger partial charge in [0.25, 0.3) is 0 Å². The van der Waals surface area contributed by atoms with Crippen LogP contribution in [0.15, 0.2) is 71.1 Å². The standard InChI is InChI=1S/C21H18N2O3/c22-12-13-25-18-8-6-16(7-9-18)14-21(24)23-15-19-10-11-20(26-19)17-4-2-1-3-5-17/h1-11H,13-15H2,(H,23,24). The molecule has 0 unspecified atom stereocenters. The van der Waals surface area contributed by atoms with Crippen molar-refractivity contribution in [2.75, 3.05) is 6.61 Å². The van der Waals surface area contributed by atoms with Crippen LogP contribution in [0, 0.1) is 11.3 Å². The smallest absolute Gasteiger partial charge is 0.224 e. The molecule has 1 amide bonds. The van der Waals surface area contributed by atoms with Crippen molar-refractivity contribution in [3.05, 3.63) is 78.1 Å². The van der Waals surface area contributed by atoms with Gasteiger partial charge in [-0.2, -0.15) is 5.26 Å². The second-order valence-electron chi connectivity index (χ2n) is 5.68. The van der Waals surface area contributed by atoms with E-state index in [2.05, 4.69) is 5.32 Å². The number of carbonyl (C=O) groups excluding carboxylic acids is 1. The summed E-state index contributed by atoms with van der Waals surface area (Å²) in [5.74, 6) is 2.01. The highest BCUT2D eigenvalue weighted by Gasteiger charge is 2.07. The summed E-state index contributed by atoms with van der Waals surface area (Å²) in [6.45, 7) is 0.350. The Kier molecular flexibility index (Phi) is 5.69. The molecule has 0 aliphatic heterocycles. The number of amides is 1. The van der Waals surface area contributed by atoms with Crippen molar-refractivity contribution in [1.29, 1.82) is 5.26 Å². The second kappa shape index (κ2) is 8.54. The Balaban J connectivity index is 1.50. The van der Waals surface area contributed by atoms with Gasteiger partial charge in [-0.3, -0.25) is 4.79 Å². The largest absolute Gasteiger partial charge is 0.479 e. The van der Waals surface area contributed by atoms with Gasteiger partial charge in [-0.25, -0.2) is 0 Å². The minimum Gasteiger partial charge on any atom is -0.479 e. The van der Waals surface area contributed by atoms with E-state index in [-0.39, 0.29) is 18.9 Å². The van der Waals surface area contributed by atoms with Crippen molar-refractivity contribution in [2.24, 2.45) is 0 Å². The molecular weight excluding hydrogens is 328 g/mol. The van der Waals surface area contributed by atoms with Crippen LogP contribution in [-0.2, 0) is 17.8 Å². The van der Waals surface area contributed by atoms with Crippen LogP contribution in [0.25, 0.3) is 11.3 Å². The first-order chi connectivity index (χ1) is 12.7. The van der Waals surface area contributed by atoms with Crippen molar-refractivity contribution in [2.45, 2.75) is 13.0 Å². The SMILES string of the molecule is N#CCOc1ccc(CC(=O)NCc2ccc(-c3ccccc3)o2)cc1. The van der Waals surface area contributed by atoms with Gasteiger partial charge in [0.15, 0.2) is 6.61 Å². The molecule has 2 aromatic carbocycles. The molecule has 0 spiro atoms. The molecule has 0 saturated heterocycles. The monoisotopic (exact) mass is 346 g/mol. The fourth-order valence-corrected chi connectivity index (χ4v) is 2.48. The number of rotatable bonds is 7. The van der Waals surface area contributed by atoms with Crippen molar-refractivity contribution in [1.82, 2.24) is 5.32 Å². The van der Waals surface area contributed by atoms with E-state index in [0.717, 1.165) is 16.9 Å². The molecule has 0 atom stereocenters. The number of carbonyl (C=O) groups is 1. The van der Waals surface area contributed by atoms with Crippen molar-refractivity contribution in [3.8, 4) is 23.1 Å². The highest BCUT2D eigenvalue weighted by atomic mass is 16.5. The van der Waals surface area contributed by atoms with E-state index in [4.69, 9.17) is 14.4 Å². The van der Waals surface area contributed by atoms with Gasteiger partial charge < -0.3 is 14.5 Å². The van der Waals surface area contributed by atoms with E-state index in [1.54, 1.807) is 12.1 Å². The fraction of sp³-hybridized carbons (Fsp3) is 0.143. The molecule has 0 bridgehead atoms. The number of hydrogen-bond acceptors (Lipinski definition) is 4. The van der Waals surface area contributed by atoms with Gasteiger partial charge >= 0.3 is 0 Å². The van der Waals surface area contributed by atoms with Gasteiger partial charge in [0, 0.05) is 5.56 Å². The Bertz CT molecular complexity index is 893. The van der Waals surface area contributed by atoms with E-state index in [1.165, 1.54) is 0 Å². The molecular formula is C21H18N2O3. The molecule has 130 valence electrons. The molecule has 0 radical (unpaired) electrons. The zero-order valence-electron chi connectivity index (χ0n) is 14.1. The number of ether oxygens (including phenoxy) is 1. The third-order valence-electron chi connectivity index (χ3n) is 3.77. The van der Waals surface area contributed by atoms with Crippen molar-refractivity contribution < 1.29 is 13.9 Å². The number of nitrogens with zero attached hydrogens (tertiary/aromatic N) is 1. The van der Waals surface area contributed by atoms with Gasteiger partial charge in [-0.15, -0.1) is 0 Å². The first kappa shape index (κ1) is 17.3. The Morgan fingerprint density at radius 1 is 1.04 bits per heavy atom. The molecule has 3 rings (SSSR count). The highest BCUT2D eigenvalue weighted by Crippen LogP contribution is 2.21. The Morgan fingerprint density at radius 2 is 1.81 bits per heavy atom. The molecule has 1 N–H and O–H groups in total. The number of benzene rings is 2. The summed E-state index contributed by atoms with van der Waals surface area (Å²) in [5, 5.41) is 11.3. The normalized spacial score (nSPS) is 10.1. The topological polar surface area (TPSA) is 75.3 Å². The summed E-state index contributed by atoms with van der Waals surface area (Å²) in [6.07, 6.45) is 0.269. The summed E-state index contributed by atoms with van der Waals surface area (Å²) in [4.78, 5) is 12.1. The fourth-order valence-electron chi connectivity index (χ4n) is 2.48. The van der Waals surface area contributed by atoms with Crippen LogP contribution in [0.5, 0.6) is 5.75 Å². The van der Waals surface area contributed by atoms with Gasteiger partial charge in [-0.1, -0.05) is 42.5 Å². The molecule has 0 fully saturated rings. The third-order valence-corrected chi connectivity index (χ3v) is 3.77. The van der Waals surface area contributed by atoms with Gasteiger partial charge in [0.1, 0.15) is 23.3 Å². The van der Waals surface area contributed by atoms with Crippen molar-refractivity contribution >= 4 is 5.91 Å². The average molecular weight is 346 g/mol. The molecule has 5 nitrogen and oxygen atoms in total. The zero-order chi connectivity index (χ0) is 18.2. The van der Waals surface area contributed by atoms with E-state index in [0.29, 0.717) is 18.1 Å². The summed E-state index contributed by atoms with van der Waals surface area (Å²) >= 11 is 0. The summed E-state index contributed by atoms with van der Waals surface area (Å²) in [5.41, 5.74) is 1.88. The first-order valence-electron chi connectivity index (χ1n) is 8.24. The molecule has 3 aromatic rings. The van der Waals surface area contributed by atoms with E-state index >= 15 is 0 Å². The molecule has 0 aliphatic rings. The lowest BCUT2D eigenvalue weighted by Gasteiger charge is -2.05. The molecule has 1 aromatic heterocycles.